The van der Waals surface area contributed by atoms with E-state index in [0.29, 0.717) is 12.5 Å². The summed E-state index contributed by atoms with van der Waals surface area (Å²) in [7, 11) is 0. The third kappa shape index (κ3) is 5.21. The number of amides is 1. The van der Waals surface area contributed by atoms with Crippen molar-refractivity contribution < 1.29 is 4.79 Å². The Hall–Kier alpha value is -1.51. The normalized spacial score (nSPS) is 10.5. The first-order valence-corrected chi connectivity index (χ1v) is 6.57. The Labute approximate surface area is 110 Å². The molecule has 18 heavy (non-hydrogen) atoms. The van der Waals surface area contributed by atoms with Crippen molar-refractivity contribution in [2.24, 2.45) is 5.92 Å². The zero-order chi connectivity index (χ0) is 13.5. The summed E-state index contributed by atoms with van der Waals surface area (Å²) in [5.41, 5.74) is 3.43. The van der Waals surface area contributed by atoms with Crippen LogP contribution in [0.2, 0.25) is 0 Å². The quantitative estimate of drug-likeness (QED) is 0.812. The zero-order valence-corrected chi connectivity index (χ0v) is 11.8. The molecule has 3 nitrogen and oxygen atoms in total. The van der Waals surface area contributed by atoms with E-state index in [0.717, 1.165) is 18.7 Å². The van der Waals surface area contributed by atoms with Crippen LogP contribution in [0.15, 0.2) is 18.2 Å². The summed E-state index contributed by atoms with van der Waals surface area (Å²) in [6, 6.07) is 6.18. The van der Waals surface area contributed by atoms with E-state index in [1.807, 2.05) is 19.1 Å². The third-order valence-electron chi connectivity index (χ3n) is 2.87. The molecule has 0 atom stereocenters. The highest BCUT2D eigenvalue weighted by molar-refractivity contribution is 5.80. The summed E-state index contributed by atoms with van der Waals surface area (Å²) in [5, 5.41) is 6.08. The Morgan fingerprint density at radius 2 is 2.00 bits per heavy atom. The maximum absolute atomic E-state index is 11.6. The van der Waals surface area contributed by atoms with Gasteiger partial charge in [-0.2, -0.15) is 0 Å². The van der Waals surface area contributed by atoms with Crippen LogP contribution in [-0.4, -0.2) is 19.0 Å². The first kappa shape index (κ1) is 14.6. The van der Waals surface area contributed by atoms with Gasteiger partial charge in [0.1, 0.15) is 0 Å². The molecule has 0 bridgehead atoms. The molecule has 0 aliphatic rings. The van der Waals surface area contributed by atoms with Crippen LogP contribution in [0.25, 0.3) is 0 Å². The van der Waals surface area contributed by atoms with Crippen molar-refractivity contribution in [1.82, 2.24) is 5.32 Å². The Morgan fingerprint density at radius 1 is 1.28 bits per heavy atom. The molecule has 1 aromatic carbocycles. The standard InChI is InChI=1S/C15H24N2O/c1-11(2)7-8-16-15(18)10-17-14-6-5-12(3)9-13(14)4/h5-6,9,11,17H,7-8,10H2,1-4H3,(H,16,18). The lowest BCUT2D eigenvalue weighted by atomic mass is 10.1. The third-order valence-corrected chi connectivity index (χ3v) is 2.87. The molecule has 0 aliphatic heterocycles. The Bertz CT molecular complexity index is 399. The molecule has 2 N–H and O–H groups in total. The summed E-state index contributed by atoms with van der Waals surface area (Å²) >= 11 is 0. The van der Waals surface area contributed by atoms with Crippen LogP contribution in [0, 0.1) is 19.8 Å². The number of carbonyl (C=O) groups excluding carboxylic acids is 1. The molecule has 1 amide bonds. The molecule has 0 saturated carbocycles. The molecule has 0 aromatic heterocycles. The minimum absolute atomic E-state index is 0.0515. The largest absolute Gasteiger partial charge is 0.376 e. The van der Waals surface area contributed by atoms with Gasteiger partial charge in [0.05, 0.1) is 6.54 Å². The lowest BCUT2D eigenvalue weighted by Crippen LogP contribution is -2.31. The van der Waals surface area contributed by atoms with Gasteiger partial charge in [-0.1, -0.05) is 31.5 Å². The van der Waals surface area contributed by atoms with E-state index < -0.39 is 0 Å². The van der Waals surface area contributed by atoms with Crippen LogP contribution in [0.3, 0.4) is 0 Å². The van der Waals surface area contributed by atoms with Crippen molar-refractivity contribution >= 4 is 11.6 Å². The number of nitrogens with one attached hydrogen (secondary N) is 2. The summed E-state index contributed by atoms with van der Waals surface area (Å²) in [6.45, 7) is 9.51. The average molecular weight is 248 g/mol. The number of benzene rings is 1. The van der Waals surface area contributed by atoms with Crippen molar-refractivity contribution in [2.75, 3.05) is 18.4 Å². The van der Waals surface area contributed by atoms with Gasteiger partial charge < -0.3 is 10.6 Å². The number of hydrogen-bond donors (Lipinski definition) is 2. The zero-order valence-electron chi connectivity index (χ0n) is 11.8. The van der Waals surface area contributed by atoms with Gasteiger partial charge in [0.25, 0.3) is 0 Å². The second-order valence-corrected chi connectivity index (χ2v) is 5.20. The minimum atomic E-state index is 0.0515. The topological polar surface area (TPSA) is 41.1 Å². The fourth-order valence-electron chi connectivity index (χ4n) is 1.75. The van der Waals surface area contributed by atoms with Crippen LogP contribution in [0.4, 0.5) is 5.69 Å². The molecule has 1 aromatic rings. The first-order valence-electron chi connectivity index (χ1n) is 6.57. The van der Waals surface area contributed by atoms with Gasteiger partial charge in [0.15, 0.2) is 0 Å². The number of rotatable bonds is 6. The Balaban J connectivity index is 2.33. The lowest BCUT2D eigenvalue weighted by Gasteiger charge is -2.11. The van der Waals surface area contributed by atoms with Crippen molar-refractivity contribution in [3.05, 3.63) is 29.3 Å². The van der Waals surface area contributed by atoms with Crippen molar-refractivity contribution in [1.29, 1.82) is 0 Å². The summed E-state index contributed by atoms with van der Waals surface area (Å²) in [5.74, 6) is 0.674. The highest BCUT2D eigenvalue weighted by atomic mass is 16.1. The van der Waals surface area contributed by atoms with E-state index in [1.54, 1.807) is 0 Å². The maximum atomic E-state index is 11.6. The Morgan fingerprint density at radius 3 is 2.61 bits per heavy atom. The second-order valence-electron chi connectivity index (χ2n) is 5.20. The van der Waals surface area contributed by atoms with Crippen LogP contribution < -0.4 is 10.6 Å². The molecule has 0 saturated heterocycles. The highest BCUT2D eigenvalue weighted by Gasteiger charge is 2.03. The second kappa shape index (κ2) is 7.04. The van der Waals surface area contributed by atoms with Gasteiger partial charge in [0, 0.05) is 12.2 Å². The predicted octanol–water partition coefficient (Wildman–Crippen LogP) is 2.88. The van der Waals surface area contributed by atoms with E-state index in [2.05, 4.69) is 37.5 Å². The van der Waals surface area contributed by atoms with Gasteiger partial charge in [-0.15, -0.1) is 0 Å². The Kier molecular flexibility index (Phi) is 5.69. The van der Waals surface area contributed by atoms with Gasteiger partial charge in [-0.25, -0.2) is 0 Å². The van der Waals surface area contributed by atoms with E-state index in [1.165, 1.54) is 11.1 Å². The fraction of sp³-hybridized carbons (Fsp3) is 0.533. The van der Waals surface area contributed by atoms with Gasteiger partial charge in [-0.05, 0) is 37.8 Å². The summed E-state index contributed by atoms with van der Waals surface area (Å²) < 4.78 is 0. The van der Waals surface area contributed by atoms with Crippen LogP contribution in [0.5, 0.6) is 0 Å². The molecule has 100 valence electrons. The SMILES string of the molecule is Cc1ccc(NCC(=O)NCCC(C)C)c(C)c1. The van der Waals surface area contributed by atoms with Gasteiger partial charge >= 0.3 is 0 Å². The van der Waals surface area contributed by atoms with Crippen LogP contribution in [0.1, 0.15) is 31.4 Å². The smallest absolute Gasteiger partial charge is 0.239 e. The number of hydrogen-bond acceptors (Lipinski definition) is 2. The summed E-state index contributed by atoms with van der Waals surface area (Å²) in [4.78, 5) is 11.6. The molecular formula is C15H24N2O. The lowest BCUT2D eigenvalue weighted by molar-refractivity contribution is -0.119. The number of anilines is 1. The monoisotopic (exact) mass is 248 g/mol. The van der Waals surface area contributed by atoms with Gasteiger partial charge in [-0.3, -0.25) is 4.79 Å². The average Bonchev–Trinajstić information content (AvgIpc) is 2.27. The molecule has 0 unspecified atom stereocenters. The fourth-order valence-corrected chi connectivity index (χ4v) is 1.75. The van der Waals surface area contributed by atoms with E-state index in [-0.39, 0.29) is 5.91 Å². The van der Waals surface area contributed by atoms with E-state index in [9.17, 15) is 4.79 Å². The van der Waals surface area contributed by atoms with Crippen LogP contribution in [-0.2, 0) is 4.79 Å². The van der Waals surface area contributed by atoms with Crippen LogP contribution >= 0.6 is 0 Å². The molecule has 0 fully saturated rings. The molecule has 0 heterocycles. The maximum Gasteiger partial charge on any atom is 0.239 e. The van der Waals surface area contributed by atoms with Crippen molar-refractivity contribution in [3.63, 3.8) is 0 Å². The number of aryl methyl sites for hydroxylation is 2. The molecule has 1 rings (SSSR count). The minimum Gasteiger partial charge on any atom is -0.376 e. The number of carbonyl (C=O) groups is 1. The van der Waals surface area contributed by atoms with Crippen molar-refractivity contribution in [2.45, 2.75) is 34.1 Å². The molecule has 0 radical (unpaired) electrons. The van der Waals surface area contributed by atoms with E-state index in [4.69, 9.17) is 0 Å². The van der Waals surface area contributed by atoms with Gasteiger partial charge in [0.2, 0.25) is 5.91 Å². The molecule has 3 heteroatoms. The predicted molar refractivity (Wildman–Crippen MR) is 76.9 cm³/mol. The molecule has 0 spiro atoms. The molecular weight excluding hydrogens is 224 g/mol. The highest BCUT2D eigenvalue weighted by Crippen LogP contribution is 2.15. The van der Waals surface area contributed by atoms with E-state index >= 15 is 0 Å². The summed E-state index contributed by atoms with van der Waals surface area (Å²) in [6.07, 6.45) is 1.02. The van der Waals surface area contributed by atoms with Crippen molar-refractivity contribution in [3.8, 4) is 0 Å². The molecule has 0 aliphatic carbocycles. The first-order chi connectivity index (χ1) is 8.49.